The number of carbonyl (C=O) groups excluding carboxylic acids is 1. The van der Waals surface area contributed by atoms with Crippen LogP contribution in [-0.2, 0) is 16.1 Å². The Balaban J connectivity index is 1.87. The maximum atomic E-state index is 12.3. The van der Waals surface area contributed by atoms with Gasteiger partial charge in [0, 0.05) is 32.4 Å². The summed E-state index contributed by atoms with van der Waals surface area (Å²) in [5.41, 5.74) is 7.44. The standard InChI is InChI=1S/C16H25N3O2/c1-12(19-9-7-15(21-2)8-10-19)16(20)18-14-5-3-13(11-17)4-6-14/h3-6,12,15H,7-11,17H2,1-2H3,(H,18,20). The van der Waals surface area contributed by atoms with Crippen LogP contribution in [-0.4, -0.2) is 43.2 Å². The van der Waals surface area contributed by atoms with Crippen LogP contribution in [0.4, 0.5) is 5.69 Å². The third-order valence-corrected chi connectivity index (χ3v) is 4.19. The fourth-order valence-electron chi connectivity index (χ4n) is 2.64. The molecule has 2 rings (SSSR count). The molecule has 1 saturated heterocycles. The van der Waals surface area contributed by atoms with E-state index >= 15 is 0 Å². The van der Waals surface area contributed by atoms with Crippen molar-refractivity contribution in [3.8, 4) is 0 Å². The monoisotopic (exact) mass is 291 g/mol. The van der Waals surface area contributed by atoms with Gasteiger partial charge in [-0.05, 0) is 37.5 Å². The molecule has 1 heterocycles. The molecule has 1 amide bonds. The molecule has 0 bridgehead atoms. The van der Waals surface area contributed by atoms with Crippen molar-refractivity contribution in [1.82, 2.24) is 4.90 Å². The quantitative estimate of drug-likeness (QED) is 0.864. The van der Waals surface area contributed by atoms with E-state index in [1.54, 1.807) is 7.11 Å². The van der Waals surface area contributed by atoms with Crippen LogP contribution in [0.15, 0.2) is 24.3 Å². The lowest BCUT2D eigenvalue weighted by Gasteiger charge is -2.34. The lowest BCUT2D eigenvalue weighted by Crippen LogP contribution is -2.47. The first-order chi connectivity index (χ1) is 10.1. The number of carbonyl (C=O) groups is 1. The summed E-state index contributed by atoms with van der Waals surface area (Å²) in [6, 6.07) is 7.53. The number of nitrogens with zero attached hydrogens (tertiary/aromatic N) is 1. The summed E-state index contributed by atoms with van der Waals surface area (Å²) in [6.45, 7) is 4.27. The molecule has 5 nitrogen and oxygen atoms in total. The molecule has 0 radical (unpaired) electrons. The van der Waals surface area contributed by atoms with Gasteiger partial charge in [0.2, 0.25) is 5.91 Å². The number of hydrogen-bond donors (Lipinski definition) is 2. The maximum absolute atomic E-state index is 12.3. The van der Waals surface area contributed by atoms with Gasteiger partial charge in [-0.2, -0.15) is 0 Å². The molecule has 116 valence electrons. The summed E-state index contributed by atoms with van der Waals surface area (Å²) in [5, 5.41) is 2.96. The van der Waals surface area contributed by atoms with E-state index in [2.05, 4.69) is 10.2 Å². The van der Waals surface area contributed by atoms with E-state index in [4.69, 9.17) is 10.5 Å². The zero-order valence-corrected chi connectivity index (χ0v) is 12.8. The lowest BCUT2D eigenvalue weighted by molar-refractivity contribution is -0.121. The van der Waals surface area contributed by atoms with Gasteiger partial charge < -0.3 is 15.8 Å². The number of hydrogen-bond acceptors (Lipinski definition) is 4. The Morgan fingerprint density at radius 1 is 1.38 bits per heavy atom. The average Bonchev–Trinajstić information content (AvgIpc) is 2.55. The van der Waals surface area contributed by atoms with Crippen LogP contribution in [0, 0.1) is 0 Å². The lowest BCUT2D eigenvalue weighted by atomic mass is 10.1. The number of nitrogens with two attached hydrogens (primary N) is 1. The molecule has 21 heavy (non-hydrogen) atoms. The van der Waals surface area contributed by atoms with Gasteiger partial charge in [-0.1, -0.05) is 12.1 Å². The maximum Gasteiger partial charge on any atom is 0.241 e. The molecule has 1 unspecified atom stereocenters. The summed E-state index contributed by atoms with van der Waals surface area (Å²) in [7, 11) is 1.75. The van der Waals surface area contributed by atoms with Crippen molar-refractivity contribution in [1.29, 1.82) is 0 Å². The Labute approximate surface area is 126 Å². The number of rotatable bonds is 5. The topological polar surface area (TPSA) is 67.6 Å². The average molecular weight is 291 g/mol. The highest BCUT2D eigenvalue weighted by atomic mass is 16.5. The molecule has 0 spiro atoms. The van der Waals surface area contributed by atoms with Gasteiger partial charge >= 0.3 is 0 Å². The van der Waals surface area contributed by atoms with E-state index < -0.39 is 0 Å². The minimum atomic E-state index is -0.128. The van der Waals surface area contributed by atoms with Gasteiger partial charge in [-0.3, -0.25) is 9.69 Å². The molecule has 0 aliphatic carbocycles. The summed E-state index contributed by atoms with van der Waals surface area (Å²) in [4.78, 5) is 14.5. The van der Waals surface area contributed by atoms with Crippen LogP contribution in [0.2, 0.25) is 0 Å². The second-order valence-corrected chi connectivity index (χ2v) is 5.54. The Hall–Kier alpha value is -1.43. The van der Waals surface area contributed by atoms with Gasteiger partial charge in [0.1, 0.15) is 0 Å². The van der Waals surface area contributed by atoms with Crippen molar-refractivity contribution in [3.05, 3.63) is 29.8 Å². The molecule has 1 fully saturated rings. The SMILES string of the molecule is COC1CCN(C(C)C(=O)Nc2ccc(CN)cc2)CC1. The predicted octanol–water partition coefficient (Wildman–Crippen LogP) is 1.58. The first-order valence-electron chi connectivity index (χ1n) is 7.50. The molecule has 1 atom stereocenters. The summed E-state index contributed by atoms with van der Waals surface area (Å²) in [5.74, 6) is 0.0337. The molecular formula is C16H25N3O2. The highest BCUT2D eigenvalue weighted by Crippen LogP contribution is 2.17. The first-order valence-corrected chi connectivity index (χ1v) is 7.50. The van der Waals surface area contributed by atoms with Crippen LogP contribution in [0.1, 0.15) is 25.3 Å². The Morgan fingerprint density at radius 2 is 2.00 bits per heavy atom. The number of benzene rings is 1. The van der Waals surface area contributed by atoms with Crippen molar-refractivity contribution in [2.45, 2.75) is 38.5 Å². The number of piperidine rings is 1. The van der Waals surface area contributed by atoms with Crippen molar-refractivity contribution in [3.63, 3.8) is 0 Å². The van der Waals surface area contributed by atoms with Crippen molar-refractivity contribution in [2.75, 3.05) is 25.5 Å². The second kappa shape index (κ2) is 7.54. The van der Waals surface area contributed by atoms with E-state index in [1.807, 2.05) is 31.2 Å². The fraction of sp³-hybridized carbons (Fsp3) is 0.562. The molecule has 1 aromatic rings. The van der Waals surface area contributed by atoms with E-state index in [0.29, 0.717) is 12.6 Å². The Morgan fingerprint density at radius 3 is 2.52 bits per heavy atom. The van der Waals surface area contributed by atoms with Crippen LogP contribution in [0.3, 0.4) is 0 Å². The molecule has 3 N–H and O–H groups in total. The third-order valence-electron chi connectivity index (χ3n) is 4.19. The molecule has 1 aliphatic rings. The van der Waals surface area contributed by atoms with Gasteiger partial charge in [0.15, 0.2) is 0 Å². The van der Waals surface area contributed by atoms with E-state index in [-0.39, 0.29) is 11.9 Å². The van der Waals surface area contributed by atoms with E-state index in [9.17, 15) is 4.79 Å². The third kappa shape index (κ3) is 4.27. The smallest absolute Gasteiger partial charge is 0.241 e. The van der Waals surface area contributed by atoms with Gasteiger partial charge in [0.05, 0.1) is 12.1 Å². The molecular weight excluding hydrogens is 266 g/mol. The van der Waals surface area contributed by atoms with Crippen LogP contribution >= 0.6 is 0 Å². The van der Waals surface area contributed by atoms with Crippen molar-refractivity contribution in [2.24, 2.45) is 5.73 Å². The molecule has 0 aromatic heterocycles. The molecule has 5 heteroatoms. The Kier molecular flexibility index (Phi) is 5.73. The van der Waals surface area contributed by atoms with Gasteiger partial charge in [0.25, 0.3) is 0 Å². The van der Waals surface area contributed by atoms with Crippen molar-refractivity contribution < 1.29 is 9.53 Å². The predicted molar refractivity (Wildman–Crippen MR) is 84.0 cm³/mol. The number of methoxy groups -OCH3 is 1. The normalized spacial score (nSPS) is 18.4. The van der Waals surface area contributed by atoms with Crippen LogP contribution < -0.4 is 11.1 Å². The molecule has 1 aliphatic heterocycles. The van der Waals surface area contributed by atoms with Crippen molar-refractivity contribution >= 4 is 11.6 Å². The number of ether oxygens (including phenoxy) is 1. The number of amides is 1. The molecule has 0 saturated carbocycles. The van der Waals surface area contributed by atoms with Gasteiger partial charge in [-0.15, -0.1) is 0 Å². The number of anilines is 1. The summed E-state index contributed by atoms with van der Waals surface area (Å²) in [6.07, 6.45) is 2.30. The molecule has 1 aromatic carbocycles. The fourth-order valence-corrected chi connectivity index (χ4v) is 2.64. The minimum Gasteiger partial charge on any atom is -0.381 e. The van der Waals surface area contributed by atoms with E-state index in [1.165, 1.54) is 0 Å². The number of nitrogens with one attached hydrogen (secondary N) is 1. The zero-order valence-electron chi connectivity index (χ0n) is 12.8. The zero-order chi connectivity index (χ0) is 15.2. The second-order valence-electron chi connectivity index (χ2n) is 5.54. The first kappa shape index (κ1) is 15.9. The largest absolute Gasteiger partial charge is 0.381 e. The van der Waals surface area contributed by atoms with Gasteiger partial charge in [-0.25, -0.2) is 0 Å². The number of likely N-dealkylation sites (tertiary alicyclic amines) is 1. The Bertz CT molecular complexity index is 453. The van der Waals surface area contributed by atoms with E-state index in [0.717, 1.165) is 37.2 Å². The minimum absolute atomic E-state index is 0.0337. The summed E-state index contributed by atoms with van der Waals surface area (Å²) < 4.78 is 5.36. The van der Waals surface area contributed by atoms with Crippen LogP contribution in [0.5, 0.6) is 0 Å². The highest BCUT2D eigenvalue weighted by Gasteiger charge is 2.26. The van der Waals surface area contributed by atoms with Crippen LogP contribution in [0.25, 0.3) is 0 Å². The summed E-state index contributed by atoms with van der Waals surface area (Å²) >= 11 is 0. The highest BCUT2D eigenvalue weighted by molar-refractivity contribution is 5.94.